The highest BCUT2D eigenvalue weighted by atomic mass is 35.5. The minimum atomic E-state index is 0.745. The summed E-state index contributed by atoms with van der Waals surface area (Å²) >= 11 is 6.35. The first-order valence-corrected chi connectivity index (χ1v) is 7.06. The van der Waals surface area contributed by atoms with Gasteiger partial charge in [0.2, 0.25) is 0 Å². The summed E-state index contributed by atoms with van der Waals surface area (Å²) in [7, 11) is 0. The van der Waals surface area contributed by atoms with Crippen LogP contribution in [0, 0.1) is 13.8 Å². The standard InChI is InChI=1S/C15H18ClN3/c1-10-7-12-14(19-5-3-17-4-6-19)9-11(2)18-15(12)13(16)8-10/h7-9,17H,3-6H2,1-2H3. The SMILES string of the molecule is Cc1cc(Cl)c2nc(C)cc(N3CCNCC3)c2c1. The van der Waals surface area contributed by atoms with Crippen LogP contribution in [-0.2, 0) is 0 Å². The lowest BCUT2D eigenvalue weighted by atomic mass is 10.1. The van der Waals surface area contributed by atoms with E-state index in [9.17, 15) is 0 Å². The molecule has 0 atom stereocenters. The lowest BCUT2D eigenvalue weighted by Gasteiger charge is -2.30. The molecular weight excluding hydrogens is 258 g/mol. The fraction of sp³-hybridized carbons (Fsp3) is 0.400. The molecule has 1 aromatic carbocycles. The Morgan fingerprint density at radius 3 is 2.63 bits per heavy atom. The number of aromatic nitrogens is 1. The van der Waals surface area contributed by atoms with Gasteiger partial charge in [0.15, 0.2) is 0 Å². The van der Waals surface area contributed by atoms with Gasteiger partial charge in [0.25, 0.3) is 0 Å². The van der Waals surface area contributed by atoms with E-state index < -0.39 is 0 Å². The maximum absolute atomic E-state index is 6.35. The van der Waals surface area contributed by atoms with Crippen molar-refractivity contribution in [3.05, 3.63) is 34.5 Å². The first-order valence-electron chi connectivity index (χ1n) is 6.68. The molecule has 0 unspecified atom stereocenters. The molecule has 1 aromatic heterocycles. The van der Waals surface area contributed by atoms with Crippen LogP contribution < -0.4 is 10.2 Å². The minimum absolute atomic E-state index is 0.745. The molecule has 0 amide bonds. The molecule has 1 N–H and O–H groups in total. The second-order valence-corrected chi connectivity index (χ2v) is 5.57. The maximum atomic E-state index is 6.35. The van der Waals surface area contributed by atoms with Crippen LogP contribution in [0.15, 0.2) is 18.2 Å². The van der Waals surface area contributed by atoms with Gasteiger partial charge in [0.1, 0.15) is 0 Å². The summed E-state index contributed by atoms with van der Waals surface area (Å²) < 4.78 is 0. The summed E-state index contributed by atoms with van der Waals surface area (Å²) in [6.07, 6.45) is 0. The molecule has 1 aliphatic heterocycles. The highest BCUT2D eigenvalue weighted by molar-refractivity contribution is 6.35. The van der Waals surface area contributed by atoms with Crippen molar-refractivity contribution >= 4 is 28.2 Å². The Balaban J connectivity index is 2.21. The number of nitrogens with zero attached hydrogens (tertiary/aromatic N) is 2. The first-order chi connectivity index (χ1) is 9.15. The smallest absolute Gasteiger partial charge is 0.0912 e. The third kappa shape index (κ3) is 2.40. The topological polar surface area (TPSA) is 28.2 Å². The molecule has 19 heavy (non-hydrogen) atoms. The van der Waals surface area contributed by atoms with E-state index in [0.29, 0.717) is 0 Å². The van der Waals surface area contributed by atoms with Crippen molar-refractivity contribution in [3.8, 4) is 0 Å². The van der Waals surface area contributed by atoms with Crippen molar-refractivity contribution in [2.75, 3.05) is 31.1 Å². The van der Waals surface area contributed by atoms with Crippen LogP contribution in [0.25, 0.3) is 10.9 Å². The molecule has 0 radical (unpaired) electrons. The Hall–Kier alpha value is -1.32. The molecule has 0 aliphatic carbocycles. The van der Waals surface area contributed by atoms with Gasteiger partial charge in [-0.1, -0.05) is 11.6 Å². The summed E-state index contributed by atoms with van der Waals surface area (Å²) in [6, 6.07) is 6.34. The van der Waals surface area contributed by atoms with E-state index in [1.165, 1.54) is 11.3 Å². The van der Waals surface area contributed by atoms with Crippen molar-refractivity contribution in [1.29, 1.82) is 0 Å². The summed E-state index contributed by atoms with van der Waals surface area (Å²) in [4.78, 5) is 7.02. The molecule has 3 rings (SSSR count). The average Bonchev–Trinajstić information content (AvgIpc) is 2.40. The molecule has 100 valence electrons. The maximum Gasteiger partial charge on any atom is 0.0912 e. The van der Waals surface area contributed by atoms with Gasteiger partial charge in [-0.15, -0.1) is 0 Å². The van der Waals surface area contributed by atoms with Crippen molar-refractivity contribution in [3.63, 3.8) is 0 Å². The molecule has 0 bridgehead atoms. The molecule has 0 spiro atoms. The number of hydrogen-bond donors (Lipinski definition) is 1. The van der Waals surface area contributed by atoms with Crippen molar-refractivity contribution in [1.82, 2.24) is 10.3 Å². The van der Waals surface area contributed by atoms with E-state index in [0.717, 1.165) is 47.8 Å². The van der Waals surface area contributed by atoms with Crippen LogP contribution in [-0.4, -0.2) is 31.2 Å². The Labute approximate surface area is 118 Å². The fourth-order valence-electron chi connectivity index (χ4n) is 2.70. The number of pyridine rings is 1. The van der Waals surface area contributed by atoms with Crippen molar-refractivity contribution < 1.29 is 0 Å². The van der Waals surface area contributed by atoms with Crippen LogP contribution >= 0.6 is 11.6 Å². The Bertz CT molecular complexity index is 618. The van der Waals surface area contributed by atoms with Crippen molar-refractivity contribution in [2.45, 2.75) is 13.8 Å². The summed E-state index contributed by atoms with van der Waals surface area (Å²) in [5, 5.41) is 5.30. The number of fused-ring (bicyclic) bond motifs is 1. The third-order valence-corrected chi connectivity index (χ3v) is 3.86. The van der Waals surface area contributed by atoms with Gasteiger partial charge in [-0.3, -0.25) is 4.98 Å². The van der Waals surface area contributed by atoms with Crippen LogP contribution in [0.2, 0.25) is 5.02 Å². The van der Waals surface area contributed by atoms with Crippen molar-refractivity contribution in [2.24, 2.45) is 0 Å². The zero-order chi connectivity index (χ0) is 13.4. The summed E-state index contributed by atoms with van der Waals surface area (Å²) in [5.41, 5.74) is 4.38. The molecule has 0 saturated carbocycles. The molecular formula is C15H18ClN3. The van der Waals surface area contributed by atoms with E-state index in [-0.39, 0.29) is 0 Å². The molecule has 2 aromatic rings. The van der Waals surface area contributed by atoms with Crippen LogP contribution in [0.1, 0.15) is 11.3 Å². The van der Waals surface area contributed by atoms with Crippen LogP contribution in [0.4, 0.5) is 5.69 Å². The lowest BCUT2D eigenvalue weighted by molar-refractivity contribution is 0.590. The summed E-state index contributed by atoms with van der Waals surface area (Å²) in [5.74, 6) is 0. The van der Waals surface area contributed by atoms with Crippen LogP contribution in [0.3, 0.4) is 0 Å². The first kappa shape index (κ1) is 12.7. The van der Waals surface area contributed by atoms with Gasteiger partial charge < -0.3 is 10.2 Å². The predicted octanol–water partition coefficient (Wildman–Crippen LogP) is 2.91. The largest absolute Gasteiger partial charge is 0.368 e. The van der Waals surface area contributed by atoms with E-state index in [2.05, 4.69) is 34.3 Å². The molecule has 3 nitrogen and oxygen atoms in total. The van der Waals surface area contributed by atoms with E-state index in [1.54, 1.807) is 0 Å². The monoisotopic (exact) mass is 275 g/mol. The number of nitrogens with one attached hydrogen (secondary N) is 1. The number of piperazine rings is 1. The number of rotatable bonds is 1. The molecule has 1 saturated heterocycles. The van der Waals surface area contributed by atoms with Gasteiger partial charge in [-0.25, -0.2) is 0 Å². The fourth-order valence-corrected chi connectivity index (χ4v) is 3.01. The minimum Gasteiger partial charge on any atom is -0.368 e. The highest BCUT2D eigenvalue weighted by Gasteiger charge is 2.16. The highest BCUT2D eigenvalue weighted by Crippen LogP contribution is 2.32. The second-order valence-electron chi connectivity index (χ2n) is 5.16. The normalized spacial score (nSPS) is 16.1. The van der Waals surface area contributed by atoms with Gasteiger partial charge in [-0.2, -0.15) is 0 Å². The second kappa shape index (κ2) is 4.99. The van der Waals surface area contributed by atoms with E-state index >= 15 is 0 Å². The Morgan fingerprint density at radius 1 is 1.16 bits per heavy atom. The number of hydrogen-bond acceptors (Lipinski definition) is 3. The molecule has 1 aliphatic rings. The van der Waals surface area contributed by atoms with Gasteiger partial charge in [-0.05, 0) is 37.6 Å². The summed E-state index contributed by atoms with van der Waals surface area (Å²) in [6.45, 7) is 8.23. The van der Waals surface area contributed by atoms with E-state index in [1.807, 2.05) is 13.0 Å². The molecule has 2 heterocycles. The lowest BCUT2D eigenvalue weighted by Crippen LogP contribution is -2.43. The number of halogens is 1. The van der Waals surface area contributed by atoms with Gasteiger partial charge in [0, 0.05) is 42.9 Å². The Kier molecular flexibility index (Phi) is 3.33. The Morgan fingerprint density at radius 2 is 1.89 bits per heavy atom. The third-order valence-electron chi connectivity index (χ3n) is 3.58. The quantitative estimate of drug-likeness (QED) is 0.867. The number of benzene rings is 1. The molecule has 4 heteroatoms. The van der Waals surface area contributed by atoms with Crippen LogP contribution in [0.5, 0.6) is 0 Å². The van der Waals surface area contributed by atoms with E-state index in [4.69, 9.17) is 11.6 Å². The van der Waals surface area contributed by atoms with Gasteiger partial charge in [0.05, 0.1) is 10.5 Å². The van der Waals surface area contributed by atoms with Gasteiger partial charge >= 0.3 is 0 Å². The number of anilines is 1. The zero-order valence-corrected chi connectivity index (χ0v) is 12.1. The number of aryl methyl sites for hydroxylation is 2. The molecule has 1 fully saturated rings. The predicted molar refractivity (Wildman–Crippen MR) is 81.3 cm³/mol. The zero-order valence-electron chi connectivity index (χ0n) is 11.3. The average molecular weight is 276 g/mol.